The van der Waals surface area contributed by atoms with Crippen molar-refractivity contribution in [2.24, 2.45) is 5.41 Å². The summed E-state index contributed by atoms with van der Waals surface area (Å²) < 4.78 is 0. The molecule has 0 atom stereocenters. The second-order valence-electron chi connectivity index (χ2n) is 7.06. The molecule has 3 rings (SSSR count). The standard InChI is InChI=1S/C20H27N/c1-16(2)21-15-20(12-5-6-13-20)14-18-10-7-9-17-8-3-4-11-19(17)18/h3-4,7-11,16,21H,5-6,12-15H2,1-2H3. The molecule has 1 saturated carbocycles. The quantitative estimate of drug-likeness (QED) is 0.818. The Morgan fingerprint density at radius 3 is 2.48 bits per heavy atom. The van der Waals surface area contributed by atoms with Crippen molar-refractivity contribution in [3.8, 4) is 0 Å². The fourth-order valence-electron chi connectivity index (χ4n) is 3.81. The van der Waals surface area contributed by atoms with Crippen LogP contribution in [0.5, 0.6) is 0 Å². The Bertz CT molecular complexity index is 588. The predicted molar refractivity (Wildman–Crippen MR) is 91.7 cm³/mol. The van der Waals surface area contributed by atoms with E-state index in [9.17, 15) is 0 Å². The lowest BCUT2D eigenvalue weighted by molar-refractivity contribution is 0.270. The molecule has 0 unspecified atom stereocenters. The molecule has 21 heavy (non-hydrogen) atoms. The van der Waals surface area contributed by atoms with E-state index in [4.69, 9.17) is 0 Å². The molecule has 2 aromatic rings. The Balaban J connectivity index is 1.88. The van der Waals surface area contributed by atoms with Crippen LogP contribution in [0.2, 0.25) is 0 Å². The van der Waals surface area contributed by atoms with E-state index in [2.05, 4.69) is 61.6 Å². The van der Waals surface area contributed by atoms with Gasteiger partial charge < -0.3 is 5.32 Å². The van der Waals surface area contributed by atoms with Gasteiger partial charge in [-0.2, -0.15) is 0 Å². The average molecular weight is 281 g/mol. The van der Waals surface area contributed by atoms with Crippen LogP contribution in [0.4, 0.5) is 0 Å². The molecule has 0 amide bonds. The number of fused-ring (bicyclic) bond motifs is 1. The molecule has 0 aromatic heterocycles. The lowest BCUT2D eigenvalue weighted by Gasteiger charge is -2.31. The summed E-state index contributed by atoms with van der Waals surface area (Å²) in [6, 6.07) is 16.2. The number of benzene rings is 2. The largest absolute Gasteiger partial charge is 0.314 e. The molecule has 1 aliphatic rings. The maximum atomic E-state index is 3.70. The SMILES string of the molecule is CC(C)NCC1(Cc2cccc3ccccc23)CCCC1. The maximum Gasteiger partial charge on any atom is 0.00134 e. The normalized spacial score (nSPS) is 17.7. The van der Waals surface area contributed by atoms with E-state index in [1.165, 1.54) is 48.4 Å². The van der Waals surface area contributed by atoms with Crippen molar-refractivity contribution in [2.45, 2.75) is 52.0 Å². The van der Waals surface area contributed by atoms with Gasteiger partial charge in [0.2, 0.25) is 0 Å². The summed E-state index contributed by atoms with van der Waals surface area (Å²) >= 11 is 0. The summed E-state index contributed by atoms with van der Waals surface area (Å²) in [4.78, 5) is 0. The third kappa shape index (κ3) is 3.29. The maximum absolute atomic E-state index is 3.70. The van der Waals surface area contributed by atoms with Crippen LogP contribution in [0.3, 0.4) is 0 Å². The van der Waals surface area contributed by atoms with Gasteiger partial charge >= 0.3 is 0 Å². The first kappa shape index (κ1) is 14.6. The van der Waals surface area contributed by atoms with Crippen LogP contribution in [0.15, 0.2) is 42.5 Å². The molecule has 0 saturated heterocycles. The molecule has 2 aromatic carbocycles. The highest BCUT2D eigenvalue weighted by molar-refractivity contribution is 5.85. The Labute approximate surface area is 128 Å². The summed E-state index contributed by atoms with van der Waals surface area (Å²) in [6.45, 7) is 5.66. The molecule has 0 aliphatic heterocycles. The lowest BCUT2D eigenvalue weighted by atomic mass is 9.78. The van der Waals surface area contributed by atoms with Gasteiger partial charge in [-0.05, 0) is 41.0 Å². The highest BCUT2D eigenvalue weighted by Gasteiger charge is 2.34. The van der Waals surface area contributed by atoms with E-state index in [0.717, 1.165) is 6.54 Å². The summed E-state index contributed by atoms with van der Waals surface area (Å²) in [5.74, 6) is 0. The molecular weight excluding hydrogens is 254 g/mol. The first-order valence-electron chi connectivity index (χ1n) is 8.39. The van der Waals surface area contributed by atoms with E-state index in [1.807, 2.05) is 0 Å². The van der Waals surface area contributed by atoms with Gasteiger partial charge in [0, 0.05) is 12.6 Å². The van der Waals surface area contributed by atoms with Crippen molar-refractivity contribution in [1.29, 1.82) is 0 Å². The second kappa shape index (κ2) is 6.19. The topological polar surface area (TPSA) is 12.0 Å². The van der Waals surface area contributed by atoms with E-state index in [0.29, 0.717) is 11.5 Å². The highest BCUT2D eigenvalue weighted by atomic mass is 14.9. The van der Waals surface area contributed by atoms with Gasteiger partial charge in [0.05, 0.1) is 0 Å². The Morgan fingerprint density at radius 2 is 1.71 bits per heavy atom. The monoisotopic (exact) mass is 281 g/mol. The summed E-state index contributed by atoms with van der Waals surface area (Å²) in [6.07, 6.45) is 6.75. The lowest BCUT2D eigenvalue weighted by Crippen LogP contribution is -2.37. The Morgan fingerprint density at radius 1 is 1.00 bits per heavy atom. The van der Waals surface area contributed by atoms with Crippen molar-refractivity contribution < 1.29 is 0 Å². The third-order valence-electron chi connectivity index (χ3n) is 4.99. The van der Waals surface area contributed by atoms with Gasteiger partial charge in [0.15, 0.2) is 0 Å². The molecule has 0 bridgehead atoms. The summed E-state index contributed by atoms with van der Waals surface area (Å²) in [7, 11) is 0. The van der Waals surface area contributed by atoms with Gasteiger partial charge in [-0.1, -0.05) is 69.2 Å². The molecule has 1 fully saturated rings. The third-order valence-corrected chi connectivity index (χ3v) is 4.99. The number of nitrogens with one attached hydrogen (secondary N) is 1. The van der Waals surface area contributed by atoms with E-state index < -0.39 is 0 Å². The molecule has 0 radical (unpaired) electrons. The van der Waals surface area contributed by atoms with Gasteiger partial charge in [0.25, 0.3) is 0 Å². The number of rotatable bonds is 5. The Kier molecular flexibility index (Phi) is 4.30. The first-order chi connectivity index (χ1) is 10.2. The smallest absolute Gasteiger partial charge is 0.00134 e. The first-order valence-corrected chi connectivity index (χ1v) is 8.39. The average Bonchev–Trinajstić information content (AvgIpc) is 2.95. The Hall–Kier alpha value is -1.34. The van der Waals surface area contributed by atoms with Crippen molar-refractivity contribution in [2.75, 3.05) is 6.54 Å². The van der Waals surface area contributed by atoms with Crippen LogP contribution >= 0.6 is 0 Å². The fraction of sp³-hybridized carbons (Fsp3) is 0.500. The fourth-order valence-corrected chi connectivity index (χ4v) is 3.81. The molecule has 112 valence electrons. The van der Waals surface area contributed by atoms with Gasteiger partial charge in [0.1, 0.15) is 0 Å². The molecule has 1 N–H and O–H groups in total. The number of hydrogen-bond acceptors (Lipinski definition) is 1. The molecule has 0 spiro atoms. The molecule has 1 heteroatoms. The van der Waals surface area contributed by atoms with Gasteiger partial charge in [-0.3, -0.25) is 0 Å². The minimum atomic E-state index is 0.467. The van der Waals surface area contributed by atoms with Crippen LogP contribution < -0.4 is 5.32 Å². The molecule has 1 nitrogen and oxygen atoms in total. The number of hydrogen-bond donors (Lipinski definition) is 1. The minimum absolute atomic E-state index is 0.467. The van der Waals surface area contributed by atoms with Crippen molar-refractivity contribution >= 4 is 10.8 Å². The zero-order valence-electron chi connectivity index (χ0n) is 13.4. The molecule has 1 aliphatic carbocycles. The zero-order chi connectivity index (χ0) is 14.7. The van der Waals surface area contributed by atoms with E-state index >= 15 is 0 Å². The van der Waals surface area contributed by atoms with Crippen molar-refractivity contribution in [3.05, 3.63) is 48.0 Å². The van der Waals surface area contributed by atoms with Crippen LogP contribution in [-0.4, -0.2) is 12.6 Å². The van der Waals surface area contributed by atoms with Gasteiger partial charge in [-0.15, -0.1) is 0 Å². The molecular formula is C20H27N. The van der Waals surface area contributed by atoms with Crippen LogP contribution in [0.25, 0.3) is 10.8 Å². The predicted octanol–water partition coefficient (Wildman–Crippen LogP) is 4.94. The minimum Gasteiger partial charge on any atom is -0.314 e. The van der Waals surface area contributed by atoms with Crippen LogP contribution in [-0.2, 0) is 6.42 Å². The zero-order valence-corrected chi connectivity index (χ0v) is 13.4. The molecule has 0 heterocycles. The van der Waals surface area contributed by atoms with E-state index in [-0.39, 0.29) is 0 Å². The van der Waals surface area contributed by atoms with Crippen LogP contribution in [0.1, 0.15) is 45.1 Å². The van der Waals surface area contributed by atoms with E-state index in [1.54, 1.807) is 0 Å². The van der Waals surface area contributed by atoms with Crippen molar-refractivity contribution in [1.82, 2.24) is 5.32 Å². The van der Waals surface area contributed by atoms with Crippen molar-refractivity contribution in [3.63, 3.8) is 0 Å². The summed E-state index contributed by atoms with van der Waals surface area (Å²) in [5.41, 5.74) is 1.99. The van der Waals surface area contributed by atoms with Crippen LogP contribution in [0, 0.1) is 5.41 Å². The highest BCUT2D eigenvalue weighted by Crippen LogP contribution is 2.41. The second-order valence-corrected chi connectivity index (χ2v) is 7.06. The van der Waals surface area contributed by atoms with Gasteiger partial charge in [-0.25, -0.2) is 0 Å². The summed E-state index contributed by atoms with van der Waals surface area (Å²) in [5, 5.41) is 6.51.